The molecule has 0 amide bonds. The average molecular weight is 258 g/mol. The van der Waals surface area contributed by atoms with Crippen molar-refractivity contribution in [3.8, 4) is 11.5 Å². The van der Waals surface area contributed by atoms with Gasteiger partial charge < -0.3 is 15.2 Å². The van der Waals surface area contributed by atoms with Crippen molar-refractivity contribution in [3.63, 3.8) is 0 Å². The van der Waals surface area contributed by atoms with Gasteiger partial charge in [-0.15, -0.1) is 0 Å². The number of benzene rings is 1. The molecule has 1 aromatic heterocycles. The predicted molar refractivity (Wildman–Crippen MR) is 75.5 cm³/mol. The highest BCUT2D eigenvalue weighted by molar-refractivity contribution is 5.38. The van der Waals surface area contributed by atoms with Crippen molar-refractivity contribution in [1.29, 1.82) is 0 Å². The fourth-order valence-electron chi connectivity index (χ4n) is 1.79. The first-order chi connectivity index (χ1) is 9.29. The maximum absolute atomic E-state index is 5.78. The average Bonchev–Trinajstić information content (AvgIpc) is 2.46. The number of pyridine rings is 1. The number of hydrogen-bond acceptors (Lipinski definition) is 4. The van der Waals surface area contributed by atoms with Crippen LogP contribution >= 0.6 is 0 Å². The summed E-state index contributed by atoms with van der Waals surface area (Å²) in [6.07, 6.45) is 3.48. The molecule has 4 heteroatoms. The third-order valence-electron chi connectivity index (χ3n) is 2.84. The van der Waals surface area contributed by atoms with Gasteiger partial charge in [-0.2, -0.15) is 0 Å². The number of aryl methyl sites for hydroxylation is 1. The quantitative estimate of drug-likeness (QED) is 0.809. The molecule has 0 aliphatic heterocycles. The number of anilines is 1. The van der Waals surface area contributed by atoms with E-state index in [1.807, 2.05) is 36.4 Å². The highest BCUT2D eigenvalue weighted by atomic mass is 16.5. The molecule has 0 spiro atoms. The fourth-order valence-corrected chi connectivity index (χ4v) is 1.79. The number of rotatable bonds is 6. The minimum atomic E-state index is 0.604. The van der Waals surface area contributed by atoms with Crippen LogP contribution in [0.5, 0.6) is 11.5 Å². The van der Waals surface area contributed by atoms with Gasteiger partial charge in [0, 0.05) is 6.20 Å². The molecule has 2 rings (SSSR count). The molecule has 1 heterocycles. The molecule has 19 heavy (non-hydrogen) atoms. The van der Waals surface area contributed by atoms with Crippen LogP contribution in [0.15, 0.2) is 42.6 Å². The molecule has 100 valence electrons. The van der Waals surface area contributed by atoms with Crippen molar-refractivity contribution < 1.29 is 9.47 Å². The zero-order valence-electron chi connectivity index (χ0n) is 11.0. The Bertz CT molecular complexity index is 512. The van der Waals surface area contributed by atoms with E-state index in [4.69, 9.17) is 15.2 Å². The summed E-state index contributed by atoms with van der Waals surface area (Å²) < 4.78 is 10.7. The van der Waals surface area contributed by atoms with Gasteiger partial charge in [-0.1, -0.05) is 6.07 Å². The van der Waals surface area contributed by atoms with Crippen LogP contribution in [-0.2, 0) is 6.42 Å². The van der Waals surface area contributed by atoms with Gasteiger partial charge in [0.2, 0.25) is 0 Å². The first-order valence-corrected chi connectivity index (χ1v) is 6.26. The van der Waals surface area contributed by atoms with E-state index in [2.05, 4.69) is 4.98 Å². The zero-order chi connectivity index (χ0) is 13.5. The summed E-state index contributed by atoms with van der Waals surface area (Å²) in [7, 11) is 1.65. The van der Waals surface area contributed by atoms with Crippen molar-refractivity contribution in [3.05, 3.63) is 48.2 Å². The van der Waals surface area contributed by atoms with Crippen molar-refractivity contribution in [1.82, 2.24) is 4.98 Å². The predicted octanol–water partition coefficient (Wildman–Crippen LogP) is 2.68. The first kappa shape index (κ1) is 13.2. The summed E-state index contributed by atoms with van der Waals surface area (Å²) in [6, 6.07) is 11.5. The summed E-state index contributed by atoms with van der Waals surface area (Å²) in [5, 5.41) is 0. The maximum atomic E-state index is 5.78. The summed E-state index contributed by atoms with van der Waals surface area (Å²) >= 11 is 0. The van der Waals surface area contributed by atoms with Crippen LogP contribution in [0.3, 0.4) is 0 Å². The van der Waals surface area contributed by atoms with E-state index in [1.54, 1.807) is 13.3 Å². The minimum Gasteiger partial charge on any atom is -0.497 e. The van der Waals surface area contributed by atoms with Gasteiger partial charge in [0.15, 0.2) is 0 Å². The number of hydrogen-bond donors (Lipinski definition) is 1. The Hall–Kier alpha value is -2.23. The lowest BCUT2D eigenvalue weighted by Gasteiger charge is -2.07. The topological polar surface area (TPSA) is 57.4 Å². The van der Waals surface area contributed by atoms with Crippen LogP contribution in [0.4, 0.5) is 5.82 Å². The Kier molecular flexibility index (Phi) is 4.61. The second-order valence-electron chi connectivity index (χ2n) is 4.18. The Labute approximate surface area is 113 Å². The van der Waals surface area contributed by atoms with Crippen LogP contribution < -0.4 is 15.2 Å². The Morgan fingerprint density at radius 1 is 1.11 bits per heavy atom. The first-order valence-electron chi connectivity index (χ1n) is 6.26. The van der Waals surface area contributed by atoms with E-state index in [0.717, 1.165) is 29.9 Å². The number of nitrogen functional groups attached to an aromatic ring is 1. The highest BCUT2D eigenvalue weighted by Crippen LogP contribution is 2.17. The third kappa shape index (κ3) is 3.88. The second-order valence-corrected chi connectivity index (χ2v) is 4.18. The maximum Gasteiger partial charge on any atom is 0.126 e. The molecular weight excluding hydrogens is 240 g/mol. The molecule has 2 aromatic rings. The van der Waals surface area contributed by atoms with Gasteiger partial charge in [-0.3, -0.25) is 0 Å². The molecule has 0 saturated carbocycles. The van der Waals surface area contributed by atoms with Crippen LogP contribution in [0.25, 0.3) is 0 Å². The Balaban J connectivity index is 1.76. The number of aromatic nitrogens is 1. The lowest BCUT2D eigenvalue weighted by molar-refractivity contribution is 0.310. The van der Waals surface area contributed by atoms with Crippen LogP contribution in [0, 0.1) is 0 Å². The van der Waals surface area contributed by atoms with Gasteiger partial charge >= 0.3 is 0 Å². The molecule has 0 unspecified atom stereocenters. The molecule has 0 aliphatic rings. The summed E-state index contributed by atoms with van der Waals surface area (Å²) in [5.41, 5.74) is 6.85. The smallest absolute Gasteiger partial charge is 0.126 e. The monoisotopic (exact) mass is 258 g/mol. The summed E-state index contributed by atoms with van der Waals surface area (Å²) in [5.74, 6) is 2.28. The van der Waals surface area contributed by atoms with Gasteiger partial charge in [0.1, 0.15) is 17.3 Å². The van der Waals surface area contributed by atoms with Gasteiger partial charge in [-0.25, -0.2) is 4.98 Å². The second kappa shape index (κ2) is 6.64. The number of ether oxygens (including phenoxy) is 2. The van der Waals surface area contributed by atoms with E-state index < -0.39 is 0 Å². The number of nitrogens with two attached hydrogens (primary N) is 1. The van der Waals surface area contributed by atoms with Crippen molar-refractivity contribution in [2.75, 3.05) is 19.5 Å². The summed E-state index contributed by atoms with van der Waals surface area (Å²) in [6.45, 7) is 0.653. The molecular formula is C15H18N2O2. The Morgan fingerprint density at radius 3 is 2.53 bits per heavy atom. The van der Waals surface area contributed by atoms with Crippen molar-refractivity contribution in [2.45, 2.75) is 12.8 Å². The van der Waals surface area contributed by atoms with Crippen LogP contribution in [0.2, 0.25) is 0 Å². The zero-order valence-corrected chi connectivity index (χ0v) is 11.0. The largest absolute Gasteiger partial charge is 0.497 e. The van der Waals surface area contributed by atoms with E-state index >= 15 is 0 Å². The van der Waals surface area contributed by atoms with Gasteiger partial charge in [0.25, 0.3) is 0 Å². The number of methoxy groups -OCH3 is 1. The molecule has 2 N–H and O–H groups in total. The van der Waals surface area contributed by atoms with E-state index in [0.29, 0.717) is 12.4 Å². The Morgan fingerprint density at radius 2 is 1.84 bits per heavy atom. The third-order valence-corrected chi connectivity index (χ3v) is 2.84. The van der Waals surface area contributed by atoms with E-state index in [1.165, 1.54) is 0 Å². The lowest BCUT2D eigenvalue weighted by atomic mass is 10.1. The minimum absolute atomic E-state index is 0.604. The van der Waals surface area contributed by atoms with E-state index in [-0.39, 0.29) is 0 Å². The fraction of sp³-hybridized carbons (Fsp3) is 0.267. The molecule has 4 nitrogen and oxygen atoms in total. The molecule has 0 radical (unpaired) electrons. The lowest BCUT2D eigenvalue weighted by Crippen LogP contribution is -2.02. The van der Waals surface area contributed by atoms with Crippen molar-refractivity contribution in [2.24, 2.45) is 0 Å². The standard InChI is InChI=1S/C15H18N2O2/c1-18-13-6-8-14(9-7-13)19-11-3-5-12-4-2-10-17-15(12)16/h2,4,6-10H,3,5,11H2,1H3,(H2,16,17). The molecule has 0 fully saturated rings. The summed E-state index contributed by atoms with van der Waals surface area (Å²) in [4.78, 5) is 4.06. The normalized spacial score (nSPS) is 10.2. The molecule has 0 aliphatic carbocycles. The molecule has 0 saturated heterocycles. The molecule has 0 atom stereocenters. The van der Waals surface area contributed by atoms with Crippen LogP contribution in [-0.4, -0.2) is 18.7 Å². The number of nitrogens with zero attached hydrogens (tertiary/aromatic N) is 1. The van der Waals surface area contributed by atoms with E-state index in [9.17, 15) is 0 Å². The van der Waals surface area contributed by atoms with Gasteiger partial charge in [-0.05, 0) is 48.7 Å². The SMILES string of the molecule is COc1ccc(OCCCc2cccnc2N)cc1. The molecule has 1 aromatic carbocycles. The van der Waals surface area contributed by atoms with Gasteiger partial charge in [0.05, 0.1) is 13.7 Å². The highest BCUT2D eigenvalue weighted by Gasteiger charge is 2.00. The molecule has 0 bridgehead atoms. The van der Waals surface area contributed by atoms with Crippen molar-refractivity contribution >= 4 is 5.82 Å². The van der Waals surface area contributed by atoms with Crippen LogP contribution in [0.1, 0.15) is 12.0 Å².